The standard InChI is InChI=1S/C21H29N5OS/c1-26(2)20(27)15-24-21(23-14-16-8-4-3-5-9-16)22-13-12-19-25-17-10-6-7-11-18(17)28-19/h3-5,8-9H,6-7,10-15H2,1-2H3,(H2,22,23,24). The van der Waals surface area contributed by atoms with E-state index in [2.05, 4.69) is 15.6 Å². The zero-order valence-electron chi connectivity index (χ0n) is 16.7. The number of hydrogen-bond donors (Lipinski definition) is 2. The van der Waals surface area contributed by atoms with Gasteiger partial charge in [0.05, 0.1) is 23.8 Å². The Bertz CT molecular complexity index is 777. The maximum absolute atomic E-state index is 11.9. The Balaban J connectivity index is 1.56. The van der Waals surface area contributed by atoms with Crippen LogP contribution in [0, 0.1) is 0 Å². The molecule has 1 amide bonds. The van der Waals surface area contributed by atoms with Crippen molar-refractivity contribution >= 4 is 23.2 Å². The molecule has 0 aliphatic heterocycles. The molecule has 28 heavy (non-hydrogen) atoms. The van der Waals surface area contributed by atoms with E-state index in [1.165, 1.54) is 34.8 Å². The lowest BCUT2D eigenvalue weighted by Gasteiger charge is -2.14. The lowest BCUT2D eigenvalue weighted by molar-refractivity contribution is -0.127. The number of aliphatic imine (C=N–C) groups is 1. The van der Waals surface area contributed by atoms with Crippen molar-refractivity contribution in [2.45, 2.75) is 38.6 Å². The fourth-order valence-corrected chi connectivity index (χ4v) is 4.20. The minimum atomic E-state index is 0.0156. The summed E-state index contributed by atoms with van der Waals surface area (Å²) in [5.74, 6) is 0.669. The van der Waals surface area contributed by atoms with Crippen LogP contribution >= 0.6 is 11.3 Å². The molecule has 1 aromatic heterocycles. The molecule has 2 aromatic rings. The molecule has 1 heterocycles. The first kappa shape index (κ1) is 20.3. The number of carbonyl (C=O) groups excluding carboxylic acids is 1. The molecular formula is C21H29N5OS. The SMILES string of the molecule is CN(C)C(=O)CNC(=NCc1ccccc1)NCCc1nc2c(s1)CCCC2. The number of amides is 1. The van der Waals surface area contributed by atoms with Gasteiger partial charge in [-0.2, -0.15) is 0 Å². The van der Waals surface area contributed by atoms with Crippen molar-refractivity contribution in [3.05, 3.63) is 51.5 Å². The van der Waals surface area contributed by atoms with Crippen LogP contribution in [0.5, 0.6) is 0 Å². The molecule has 0 unspecified atom stereocenters. The van der Waals surface area contributed by atoms with Crippen LogP contribution in [-0.2, 0) is 30.6 Å². The number of rotatable bonds is 7. The van der Waals surface area contributed by atoms with Gasteiger partial charge < -0.3 is 15.5 Å². The number of hydrogen-bond acceptors (Lipinski definition) is 4. The molecule has 7 heteroatoms. The summed E-state index contributed by atoms with van der Waals surface area (Å²) in [4.78, 5) is 24.4. The number of carbonyl (C=O) groups is 1. The molecule has 1 aromatic carbocycles. The molecule has 0 bridgehead atoms. The van der Waals surface area contributed by atoms with Crippen molar-refractivity contribution in [1.82, 2.24) is 20.5 Å². The van der Waals surface area contributed by atoms with Crippen molar-refractivity contribution in [2.24, 2.45) is 4.99 Å². The molecule has 3 rings (SSSR count). The van der Waals surface area contributed by atoms with Gasteiger partial charge in [0.2, 0.25) is 5.91 Å². The second-order valence-corrected chi connectivity index (χ2v) is 8.32. The average Bonchev–Trinajstić information content (AvgIpc) is 3.12. The number of nitrogens with zero attached hydrogens (tertiary/aromatic N) is 3. The predicted octanol–water partition coefficient (Wildman–Crippen LogP) is 2.39. The summed E-state index contributed by atoms with van der Waals surface area (Å²) in [6.45, 7) is 1.53. The molecule has 0 saturated heterocycles. The molecular weight excluding hydrogens is 370 g/mol. The van der Waals surface area contributed by atoms with Crippen molar-refractivity contribution in [3.8, 4) is 0 Å². The van der Waals surface area contributed by atoms with Gasteiger partial charge in [-0.1, -0.05) is 30.3 Å². The van der Waals surface area contributed by atoms with Crippen LogP contribution in [0.25, 0.3) is 0 Å². The monoisotopic (exact) mass is 399 g/mol. The Labute approximate surface area is 171 Å². The second-order valence-electron chi connectivity index (χ2n) is 7.15. The van der Waals surface area contributed by atoms with Gasteiger partial charge in [-0.05, 0) is 31.2 Å². The molecule has 0 atom stereocenters. The number of aromatic nitrogens is 1. The molecule has 1 aliphatic rings. The number of benzene rings is 1. The summed E-state index contributed by atoms with van der Waals surface area (Å²) in [6, 6.07) is 10.1. The number of aryl methyl sites for hydroxylation is 2. The lowest BCUT2D eigenvalue weighted by atomic mass is 10.0. The number of guanidine groups is 1. The van der Waals surface area contributed by atoms with Gasteiger partial charge in [-0.15, -0.1) is 11.3 Å². The Morgan fingerprint density at radius 2 is 1.96 bits per heavy atom. The van der Waals surface area contributed by atoms with E-state index < -0.39 is 0 Å². The highest BCUT2D eigenvalue weighted by Gasteiger charge is 2.15. The highest BCUT2D eigenvalue weighted by atomic mass is 32.1. The fourth-order valence-electron chi connectivity index (χ4n) is 3.05. The smallest absolute Gasteiger partial charge is 0.241 e. The number of thiazole rings is 1. The minimum absolute atomic E-state index is 0.0156. The van der Waals surface area contributed by atoms with E-state index in [9.17, 15) is 4.79 Å². The molecule has 150 valence electrons. The van der Waals surface area contributed by atoms with E-state index in [0.29, 0.717) is 12.5 Å². The Morgan fingerprint density at radius 3 is 2.71 bits per heavy atom. The van der Waals surface area contributed by atoms with E-state index in [0.717, 1.165) is 24.9 Å². The van der Waals surface area contributed by atoms with Crippen LogP contribution in [0.1, 0.15) is 34.0 Å². The van der Waals surface area contributed by atoms with Gasteiger partial charge >= 0.3 is 0 Å². The molecule has 0 fully saturated rings. The largest absolute Gasteiger partial charge is 0.356 e. The summed E-state index contributed by atoms with van der Waals surface area (Å²) in [5.41, 5.74) is 2.44. The fraction of sp³-hybridized carbons (Fsp3) is 0.476. The molecule has 0 radical (unpaired) electrons. The van der Waals surface area contributed by atoms with E-state index in [1.807, 2.05) is 41.7 Å². The zero-order valence-corrected chi connectivity index (χ0v) is 17.5. The first-order valence-electron chi connectivity index (χ1n) is 9.85. The van der Waals surface area contributed by atoms with Crippen molar-refractivity contribution in [3.63, 3.8) is 0 Å². The molecule has 0 spiro atoms. The van der Waals surface area contributed by atoms with Gasteiger partial charge in [0.1, 0.15) is 0 Å². The average molecular weight is 400 g/mol. The molecule has 2 N–H and O–H groups in total. The van der Waals surface area contributed by atoms with Crippen LogP contribution in [0.2, 0.25) is 0 Å². The van der Waals surface area contributed by atoms with E-state index >= 15 is 0 Å². The summed E-state index contributed by atoms with van der Waals surface area (Å²) in [5, 5.41) is 7.67. The summed E-state index contributed by atoms with van der Waals surface area (Å²) in [6.07, 6.45) is 5.71. The topological polar surface area (TPSA) is 69.6 Å². The Hall–Kier alpha value is -2.41. The lowest BCUT2D eigenvalue weighted by Crippen LogP contribution is -2.43. The van der Waals surface area contributed by atoms with Gasteiger partial charge in [-0.3, -0.25) is 4.79 Å². The first-order valence-corrected chi connectivity index (χ1v) is 10.7. The number of nitrogens with one attached hydrogen (secondary N) is 2. The summed E-state index contributed by atoms with van der Waals surface area (Å²) in [7, 11) is 3.50. The van der Waals surface area contributed by atoms with Crippen molar-refractivity contribution < 1.29 is 4.79 Å². The second kappa shape index (κ2) is 10.2. The Kier molecular flexibility index (Phi) is 7.42. The van der Waals surface area contributed by atoms with Crippen LogP contribution in [-0.4, -0.2) is 48.9 Å². The third-order valence-corrected chi connectivity index (χ3v) is 5.91. The maximum atomic E-state index is 11.9. The number of likely N-dealkylation sites (N-methyl/N-ethyl adjacent to an activating group) is 1. The van der Waals surface area contributed by atoms with Crippen LogP contribution in [0.4, 0.5) is 0 Å². The van der Waals surface area contributed by atoms with E-state index in [-0.39, 0.29) is 12.5 Å². The molecule has 1 aliphatic carbocycles. The first-order chi connectivity index (χ1) is 13.6. The molecule has 6 nitrogen and oxygen atoms in total. The minimum Gasteiger partial charge on any atom is -0.356 e. The van der Waals surface area contributed by atoms with Gasteiger partial charge in [0.25, 0.3) is 0 Å². The number of fused-ring (bicyclic) bond motifs is 1. The van der Waals surface area contributed by atoms with Crippen molar-refractivity contribution in [1.29, 1.82) is 0 Å². The normalized spacial score (nSPS) is 13.7. The predicted molar refractivity (Wildman–Crippen MR) is 115 cm³/mol. The highest BCUT2D eigenvalue weighted by molar-refractivity contribution is 7.11. The van der Waals surface area contributed by atoms with Crippen LogP contribution in [0.3, 0.4) is 0 Å². The highest BCUT2D eigenvalue weighted by Crippen LogP contribution is 2.26. The van der Waals surface area contributed by atoms with E-state index in [4.69, 9.17) is 4.98 Å². The molecule has 0 saturated carbocycles. The van der Waals surface area contributed by atoms with Gasteiger partial charge in [-0.25, -0.2) is 9.98 Å². The van der Waals surface area contributed by atoms with Gasteiger partial charge in [0.15, 0.2) is 5.96 Å². The maximum Gasteiger partial charge on any atom is 0.241 e. The summed E-state index contributed by atoms with van der Waals surface area (Å²) >= 11 is 1.85. The van der Waals surface area contributed by atoms with Crippen LogP contribution < -0.4 is 10.6 Å². The third kappa shape index (κ3) is 6.05. The van der Waals surface area contributed by atoms with Crippen LogP contribution in [0.15, 0.2) is 35.3 Å². The van der Waals surface area contributed by atoms with Crippen molar-refractivity contribution in [2.75, 3.05) is 27.2 Å². The van der Waals surface area contributed by atoms with E-state index in [1.54, 1.807) is 19.0 Å². The third-order valence-electron chi connectivity index (χ3n) is 4.69. The summed E-state index contributed by atoms with van der Waals surface area (Å²) < 4.78 is 0. The Morgan fingerprint density at radius 1 is 1.18 bits per heavy atom. The quantitative estimate of drug-likeness (QED) is 0.554. The zero-order chi connectivity index (χ0) is 19.8. The van der Waals surface area contributed by atoms with Gasteiger partial charge in [0, 0.05) is 31.9 Å².